The van der Waals surface area contributed by atoms with Gasteiger partial charge < -0.3 is 9.47 Å². The molecule has 0 aliphatic carbocycles. The van der Waals surface area contributed by atoms with Gasteiger partial charge in [0.1, 0.15) is 6.61 Å². The van der Waals surface area contributed by atoms with Crippen molar-refractivity contribution in [2.45, 2.75) is 26.4 Å². The van der Waals surface area contributed by atoms with Crippen LogP contribution in [-0.4, -0.2) is 34.7 Å². The van der Waals surface area contributed by atoms with E-state index in [1.54, 1.807) is 18.2 Å². The van der Waals surface area contributed by atoms with Crippen LogP contribution in [0, 0.1) is 0 Å². The van der Waals surface area contributed by atoms with Crippen LogP contribution >= 0.6 is 22.9 Å². The number of anilines is 1. The Morgan fingerprint density at radius 2 is 2.04 bits per heavy atom. The van der Waals surface area contributed by atoms with Gasteiger partial charge in [0.15, 0.2) is 5.13 Å². The molecular weight excluding hydrogens is 386 g/mol. The zero-order valence-electron chi connectivity index (χ0n) is 15.3. The van der Waals surface area contributed by atoms with Crippen molar-refractivity contribution < 1.29 is 14.3 Å². The number of hydrogen-bond donors (Lipinski definition) is 1. The molecule has 1 N–H and O–H groups in total. The lowest BCUT2D eigenvalue weighted by atomic mass is 10.2. The quantitative estimate of drug-likeness (QED) is 0.597. The number of aromatic nitrogens is 2. The zero-order valence-corrected chi connectivity index (χ0v) is 16.9. The molecule has 3 rings (SSSR count). The maximum absolute atomic E-state index is 12.4. The molecule has 0 aliphatic heterocycles. The number of hydrogen-bond acceptors (Lipinski definition) is 6. The number of amides is 1. The van der Waals surface area contributed by atoms with E-state index >= 15 is 0 Å². The monoisotopic (exact) mass is 405 g/mol. The normalized spacial score (nSPS) is 11.6. The fourth-order valence-electron chi connectivity index (χ4n) is 2.22. The van der Waals surface area contributed by atoms with Crippen molar-refractivity contribution in [3.8, 4) is 5.88 Å². The maximum Gasteiger partial charge on any atom is 0.259 e. The molecule has 1 amide bonds. The van der Waals surface area contributed by atoms with E-state index in [1.807, 2.05) is 32.9 Å². The van der Waals surface area contributed by atoms with Crippen molar-refractivity contribution in [3.63, 3.8) is 0 Å². The van der Waals surface area contributed by atoms with Crippen LogP contribution in [0.25, 0.3) is 10.2 Å². The fraction of sp³-hybridized carbons (Fsp3) is 0.316. The molecule has 8 heteroatoms. The molecule has 2 heterocycles. The summed E-state index contributed by atoms with van der Waals surface area (Å²) in [7, 11) is 0. The molecular formula is C19H20ClN3O3S. The molecule has 27 heavy (non-hydrogen) atoms. The topological polar surface area (TPSA) is 73.3 Å². The number of rotatable bonds is 6. The Balaban J connectivity index is 1.56. The molecule has 0 radical (unpaired) electrons. The van der Waals surface area contributed by atoms with Crippen LogP contribution < -0.4 is 10.1 Å². The van der Waals surface area contributed by atoms with Crippen molar-refractivity contribution in [2.24, 2.45) is 0 Å². The van der Waals surface area contributed by atoms with E-state index in [1.165, 1.54) is 17.5 Å². The highest BCUT2D eigenvalue weighted by Crippen LogP contribution is 2.28. The van der Waals surface area contributed by atoms with Gasteiger partial charge in [0, 0.05) is 17.3 Å². The third-order valence-electron chi connectivity index (χ3n) is 3.44. The van der Waals surface area contributed by atoms with Gasteiger partial charge >= 0.3 is 0 Å². The second-order valence-corrected chi connectivity index (χ2v) is 8.25. The Labute approximate surface area is 166 Å². The molecule has 1 aromatic carbocycles. The molecule has 0 saturated heterocycles. The summed E-state index contributed by atoms with van der Waals surface area (Å²) in [6, 6.07) is 8.73. The number of halogens is 1. The van der Waals surface area contributed by atoms with Gasteiger partial charge in [0.2, 0.25) is 5.88 Å². The molecule has 0 bridgehead atoms. The predicted octanol–water partition coefficient (Wildman–Crippen LogP) is 4.79. The zero-order chi connectivity index (χ0) is 19.4. The van der Waals surface area contributed by atoms with Crippen molar-refractivity contribution in [2.75, 3.05) is 18.5 Å². The van der Waals surface area contributed by atoms with E-state index in [0.29, 0.717) is 34.8 Å². The van der Waals surface area contributed by atoms with Gasteiger partial charge in [0.05, 0.1) is 28.0 Å². The molecule has 0 aliphatic rings. The molecule has 3 aromatic rings. The minimum Gasteiger partial charge on any atom is -0.475 e. The van der Waals surface area contributed by atoms with Gasteiger partial charge in [-0.15, -0.1) is 0 Å². The second kappa shape index (κ2) is 8.21. The molecule has 6 nitrogen and oxygen atoms in total. The lowest BCUT2D eigenvalue weighted by Gasteiger charge is -2.19. The number of carbonyl (C=O) groups is 1. The SMILES string of the molecule is CC(C)(C)OCCOc1ccc(C(=O)Nc2nc3ccc(Cl)cc3s2)cn1. The van der Waals surface area contributed by atoms with E-state index in [2.05, 4.69) is 15.3 Å². The van der Waals surface area contributed by atoms with Gasteiger partial charge in [0.25, 0.3) is 5.91 Å². The first-order valence-electron chi connectivity index (χ1n) is 8.40. The summed E-state index contributed by atoms with van der Waals surface area (Å²) in [5, 5.41) is 3.93. The van der Waals surface area contributed by atoms with E-state index in [9.17, 15) is 4.79 Å². The summed E-state index contributed by atoms with van der Waals surface area (Å²) in [6.45, 7) is 6.81. The first-order valence-corrected chi connectivity index (χ1v) is 9.60. The summed E-state index contributed by atoms with van der Waals surface area (Å²) >= 11 is 7.34. The average molecular weight is 406 g/mol. The fourth-order valence-corrected chi connectivity index (χ4v) is 3.35. The van der Waals surface area contributed by atoms with Gasteiger partial charge in [-0.25, -0.2) is 9.97 Å². The van der Waals surface area contributed by atoms with Gasteiger partial charge in [-0.1, -0.05) is 22.9 Å². The van der Waals surface area contributed by atoms with Crippen molar-refractivity contribution in [3.05, 3.63) is 47.1 Å². The molecule has 0 atom stereocenters. The first-order chi connectivity index (χ1) is 12.8. The number of nitrogens with one attached hydrogen (secondary N) is 1. The summed E-state index contributed by atoms with van der Waals surface area (Å²) < 4.78 is 12.0. The number of nitrogens with zero attached hydrogens (tertiary/aromatic N) is 2. The van der Waals surface area contributed by atoms with E-state index < -0.39 is 0 Å². The highest BCUT2D eigenvalue weighted by Gasteiger charge is 2.12. The minimum atomic E-state index is -0.282. The number of ether oxygens (including phenoxy) is 2. The van der Waals surface area contributed by atoms with Crippen LogP contribution in [0.1, 0.15) is 31.1 Å². The summed E-state index contributed by atoms with van der Waals surface area (Å²) in [5.41, 5.74) is 1.01. The molecule has 0 unspecified atom stereocenters. The number of thiazole rings is 1. The lowest BCUT2D eigenvalue weighted by molar-refractivity contribution is -0.0168. The number of benzene rings is 1. The van der Waals surface area contributed by atoms with Gasteiger partial charge in [-0.3, -0.25) is 10.1 Å². The van der Waals surface area contributed by atoms with Crippen molar-refractivity contribution in [1.82, 2.24) is 9.97 Å². The molecule has 142 valence electrons. The highest BCUT2D eigenvalue weighted by molar-refractivity contribution is 7.22. The summed E-state index contributed by atoms with van der Waals surface area (Å²) in [5.74, 6) is 0.161. The Morgan fingerprint density at radius 3 is 2.74 bits per heavy atom. The maximum atomic E-state index is 12.4. The molecule has 0 saturated carbocycles. The Morgan fingerprint density at radius 1 is 1.22 bits per heavy atom. The Hall–Kier alpha value is -2.22. The van der Waals surface area contributed by atoms with Crippen molar-refractivity contribution >= 4 is 44.2 Å². The summed E-state index contributed by atoms with van der Waals surface area (Å²) in [4.78, 5) is 20.9. The molecule has 2 aromatic heterocycles. The third-order valence-corrected chi connectivity index (χ3v) is 4.61. The van der Waals surface area contributed by atoms with Crippen LogP contribution in [0.3, 0.4) is 0 Å². The smallest absolute Gasteiger partial charge is 0.259 e. The van der Waals surface area contributed by atoms with Crippen LogP contribution in [0.15, 0.2) is 36.5 Å². The van der Waals surface area contributed by atoms with Gasteiger partial charge in [-0.2, -0.15) is 0 Å². The Kier molecular flexibility index (Phi) is 5.94. The van der Waals surface area contributed by atoms with Crippen LogP contribution in [0.2, 0.25) is 5.02 Å². The molecule has 0 fully saturated rings. The Bertz CT molecular complexity index is 936. The summed E-state index contributed by atoms with van der Waals surface area (Å²) in [6.07, 6.45) is 1.47. The van der Waals surface area contributed by atoms with Crippen LogP contribution in [-0.2, 0) is 4.74 Å². The first kappa shape index (κ1) is 19.5. The highest BCUT2D eigenvalue weighted by atomic mass is 35.5. The van der Waals surface area contributed by atoms with Crippen LogP contribution in [0.5, 0.6) is 5.88 Å². The molecule has 0 spiro atoms. The van der Waals surface area contributed by atoms with Crippen LogP contribution in [0.4, 0.5) is 5.13 Å². The number of carbonyl (C=O) groups excluding carboxylic acids is 1. The average Bonchev–Trinajstić information content (AvgIpc) is 2.99. The van der Waals surface area contributed by atoms with E-state index in [-0.39, 0.29) is 11.5 Å². The minimum absolute atomic E-state index is 0.204. The standard InChI is InChI=1S/C19H20ClN3O3S/c1-19(2,3)26-9-8-25-16-7-4-12(11-21-16)17(24)23-18-22-14-6-5-13(20)10-15(14)27-18/h4-7,10-11H,8-9H2,1-3H3,(H,22,23,24). The third kappa shape index (κ3) is 5.63. The second-order valence-electron chi connectivity index (χ2n) is 6.78. The lowest BCUT2D eigenvalue weighted by Crippen LogP contribution is -2.22. The number of fused-ring (bicyclic) bond motifs is 1. The van der Waals surface area contributed by atoms with Gasteiger partial charge in [-0.05, 0) is 45.0 Å². The number of pyridine rings is 1. The van der Waals surface area contributed by atoms with E-state index in [4.69, 9.17) is 21.1 Å². The largest absolute Gasteiger partial charge is 0.475 e. The van der Waals surface area contributed by atoms with E-state index in [0.717, 1.165) is 10.2 Å². The van der Waals surface area contributed by atoms with Crippen molar-refractivity contribution in [1.29, 1.82) is 0 Å². The predicted molar refractivity (Wildman–Crippen MR) is 108 cm³/mol.